The molecule has 0 amide bonds. The van der Waals surface area contributed by atoms with E-state index in [0.717, 1.165) is 0 Å². The van der Waals surface area contributed by atoms with Gasteiger partial charge in [0.2, 0.25) is 16.0 Å². The predicted molar refractivity (Wildman–Crippen MR) is 47.8 cm³/mol. The van der Waals surface area contributed by atoms with Crippen molar-refractivity contribution in [2.45, 2.75) is 6.42 Å². The maximum absolute atomic E-state index is 11.4. The zero-order valence-electron chi connectivity index (χ0n) is 6.92. The van der Waals surface area contributed by atoms with E-state index in [4.69, 9.17) is 0 Å². The summed E-state index contributed by atoms with van der Waals surface area (Å²) in [7, 11) is -3.13. The summed E-state index contributed by atoms with van der Waals surface area (Å²) in [6, 6.07) is 1.66. The first-order valence-corrected chi connectivity index (χ1v) is 5.58. The normalized spacial score (nSPS) is 20.5. The lowest BCUT2D eigenvalue weighted by Crippen LogP contribution is -2.26. The zero-order valence-corrected chi connectivity index (χ0v) is 7.74. The molecule has 1 saturated heterocycles. The van der Waals surface area contributed by atoms with Gasteiger partial charge >= 0.3 is 0 Å². The van der Waals surface area contributed by atoms with Gasteiger partial charge in [-0.25, -0.2) is 22.7 Å². The van der Waals surface area contributed by atoms with Crippen LogP contribution >= 0.6 is 0 Å². The molecular formula is C7H9N3O2S. The van der Waals surface area contributed by atoms with Crippen LogP contribution in [-0.4, -0.2) is 30.7 Å². The van der Waals surface area contributed by atoms with E-state index in [1.165, 1.54) is 16.7 Å². The van der Waals surface area contributed by atoms with E-state index in [1.54, 1.807) is 6.07 Å². The third-order valence-electron chi connectivity index (χ3n) is 1.87. The largest absolute Gasteiger partial charge is 0.239 e. The summed E-state index contributed by atoms with van der Waals surface area (Å²) < 4.78 is 24.1. The Hall–Kier alpha value is -1.17. The second-order valence-corrected chi connectivity index (χ2v) is 4.80. The number of nitrogens with zero attached hydrogens (tertiary/aromatic N) is 3. The Balaban J connectivity index is 2.38. The summed E-state index contributed by atoms with van der Waals surface area (Å²) in [4.78, 5) is 7.78. The van der Waals surface area contributed by atoms with Crippen molar-refractivity contribution in [3.63, 3.8) is 0 Å². The monoisotopic (exact) mass is 199 g/mol. The van der Waals surface area contributed by atoms with Crippen LogP contribution in [0.15, 0.2) is 18.5 Å². The van der Waals surface area contributed by atoms with Crippen molar-refractivity contribution in [3.8, 4) is 0 Å². The molecule has 0 atom stereocenters. The summed E-state index contributed by atoms with van der Waals surface area (Å²) in [6.45, 7) is 0.492. The quantitative estimate of drug-likeness (QED) is 0.639. The van der Waals surface area contributed by atoms with E-state index in [-0.39, 0.29) is 11.7 Å². The van der Waals surface area contributed by atoms with E-state index in [1.807, 2.05) is 0 Å². The lowest BCUT2D eigenvalue weighted by molar-refractivity contribution is 0.598. The maximum Gasteiger partial charge on any atom is 0.239 e. The van der Waals surface area contributed by atoms with Crippen LogP contribution in [0.25, 0.3) is 0 Å². The fraction of sp³-hybridized carbons (Fsp3) is 0.429. The summed E-state index contributed by atoms with van der Waals surface area (Å²) in [5.41, 5.74) is 0. The van der Waals surface area contributed by atoms with Crippen LogP contribution in [-0.2, 0) is 10.0 Å². The fourth-order valence-electron chi connectivity index (χ4n) is 1.28. The van der Waals surface area contributed by atoms with E-state index in [9.17, 15) is 8.42 Å². The first-order chi connectivity index (χ1) is 6.20. The van der Waals surface area contributed by atoms with E-state index in [0.29, 0.717) is 13.0 Å². The van der Waals surface area contributed by atoms with E-state index >= 15 is 0 Å². The number of hydrogen-bond donors (Lipinski definition) is 0. The van der Waals surface area contributed by atoms with Gasteiger partial charge in [0, 0.05) is 18.9 Å². The van der Waals surface area contributed by atoms with Crippen molar-refractivity contribution < 1.29 is 8.42 Å². The SMILES string of the molecule is O=S1(=O)CCCN1c1ncccn1. The Bertz CT molecular complexity index is 389. The van der Waals surface area contributed by atoms with Gasteiger partial charge in [-0.2, -0.15) is 0 Å². The molecule has 1 aromatic heterocycles. The Morgan fingerprint density at radius 3 is 2.54 bits per heavy atom. The molecule has 0 saturated carbocycles. The Morgan fingerprint density at radius 2 is 2.00 bits per heavy atom. The Morgan fingerprint density at radius 1 is 1.31 bits per heavy atom. The second kappa shape index (κ2) is 2.95. The molecule has 0 aromatic carbocycles. The summed E-state index contributed by atoms with van der Waals surface area (Å²) in [5.74, 6) is 0.477. The highest BCUT2D eigenvalue weighted by molar-refractivity contribution is 7.93. The summed E-state index contributed by atoms with van der Waals surface area (Å²) in [6.07, 6.45) is 3.73. The molecule has 1 aromatic rings. The first kappa shape index (κ1) is 8.43. The number of anilines is 1. The van der Waals surface area contributed by atoms with Gasteiger partial charge in [0.05, 0.1) is 5.75 Å². The van der Waals surface area contributed by atoms with E-state index < -0.39 is 10.0 Å². The topological polar surface area (TPSA) is 63.2 Å². The molecule has 1 aliphatic rings. The molecule has 1 fully saturated rings. The summed E-state index contributed by atoms with van der Waals surface area (Å²) >= 11 is 0. The molecule has 0 bridgehead atoms. The molecule has 6 heteroatoms. The molecule has 0 unspecified atom stereocenters. The minimum absolute atomic E-state index is 0.200. The molecule has 2 heterocycles. The van der Waals surface area contributed by atoms with Crippen LogP contribution in [0.3, 0.4) is 0 Å². The van der Waals surface area contributed by atoms with Crippen molar-refractivity contribution in [1.29, 1.82) is 0 Å². The molecule has 0 radical (unpaired) electrons. The Labute approximate surface area is 76.5 Å². The van der Waals surface area contributed by atoms with Gasteiger partial charge < -0.3 is 0 Å². The Kier molecular flexibility index (Phi) is 1.91. The van der Waals surface area contributed by atoms with Crippen molar-refractivity contribution in [2.24, 2.45) is 0 Å². The van der Waals surface area contributed by atoms with Gasteiger partial charge in [-0.1, -0.05) is 0 Å². The standard InChI is InChI=1S/C7H9N3O2S/c11-13(12)6-2-5-10(13)7-8-3-1-4-9-7/h1,3-4H,2,5-6H2. The molecular weight excluding hydrogens is 190 g/mol. The third kappa shape index (κ3) is 1.49. The van der Waals surface area contributed by atoms with Gasteiger partial charge in [0.1, 0.15) is 0 Å². The predicted octanol–water partition coefficient (Wildman–Crippen LogP) is 0.0165. The lowest BCUT2D eigenvalue weighted by Gasteiger charge is -2.12. The highest BCUT2D eigenvalue weighted by atomic mass is 32.2. The minimum atomic E-state index is -3.13. The van der Waals surface area contributed by atoms with Crippen LogP contribution in [0.2, 0.25) is 0 Å². The average Bonchev–Trinajstić information content (AvgIpc) is 2.47. The zero-order chi connectivity index (χ0) is 9.31. The molecule has 1 aliphatic heterocycles. The van der Waals surface area contributed by atoms with Crippen LogP contribution in [0.4, 0.5) is 5.95 Å². The number of aromatic nitrogens is 2. The van der Waals surface area contributed by atoms with Gasteiger partial charge in [-0.15, -0.1) is 0 Å². The van der Waals surface area contributed by atoms with Gasteiger partial charge in [-0.05, 0) is 12.5 Å². The molecule has 0 spiro atoms. The number of hydrogen-bond acceptors (Lipinski definition) is 4. The van der Waals surface area contributed by atoms with Crippen molar-refractivity contribution >= 4 is 16.0 Å². The van der Waals surface area contributed by atoms with Gasteiger partial charge in [-0.3, -0.25) is 0 Å². The molecule has 13 heavy (non-hydrogen) atoms. The number of rotatable bonds is 1. The van der Waals surface area contributed by atoms with Gasteiger partial charge in [0.25, 0.3) is 0 Å². The number of sulfonamides is 1. The molecule has 2 rings (SSSR count). The molecule has 0 aliphatic carbocycles. The fourth-order valence-corrected chi connectivity index (χ4v) is 2.75. The molecule has 0 N–H and O–H groups in total. The van der Waals surface area contributed by atoms with Crippen molar-refractivity contribution in [1.82, 2.24) is 9.97 Å². The smallest absolute Gasteiger partial charge is 0.238 e. The van der Waals surface area contributed by atoms with Crippen LogP contribution in [0.1, 0.15) is 6.42 Å². The minimum Gasteiger partial charge on any atom is -0.238 e. The lowest BCUT2D eigenvalue weighted by atomic mass is 10.5. The second-order valence-electron chi connectivity index (χ2n) is 2.79. The van der Waals surface area contributed by atoms with Crippen LogP contribution < -0.4 is 4.31 Å². The van der Waals surface area contributed by atoms with Crippen molar-refractivity contribution in [3.05, 3.63) is 18.5 Å². The summed E-state index contributed by atoms with van der Waals surface area (Å²) in [5, 5.41) is 0. The van der Waals surface area contributed by atoms with Crippen molar-refractivity contribution in [2.75, 3.05) is 16.6 Å². The highest BCUT2D eigenvalue weighted by Gasteiger charge is 2.29. The van der Waals surface area contributed by atoms with E-state index in [2.05, 4.69) is 9.97 Å². The maximum atomic E-state index is 11.4. The van der Waals surface area contributed by atoms with Crippen LogP contribution in [0, 0.1) is 0 Å². The van der Waals surface area contributed by atoms with Crippen LogP contribution in [0.5, 0.6) is 0 Å². The molecule has 70 valence electrons. The highest BCUT2D eigenvalue weighted by Crippen LogP contribution is 2.18. The first-order valence-electron chi connectivity index (χ1n) is 3.97. The average molecular weight is 199 g/mol. The molecule has 5 nitrogen and oxygen atoms in total. The van der Waals surface area contributed by atoms with Gasteiger partial charge in [0.15, 0.2) is 0 Å². The third-order valence-corrected chi connectivity index (χ3v) is 3.70.